The molecule has 0 N–H and O–H groups in total. The van der Waals surface area contributed by atoms with Gasteiger partial charge in [-0.25, -0.2) is 0 Å². The smallest absolute Gasteiger partial charge is 0.497 e. The second kappa shape index (κ2) is 4.97. The normalized spacial score (nSPS) is 11.9. The molecule has 11 radical (unpaired) electrons. The van der Waals surface area contributed by atoms with E-state index in [2.05, 4.69) is 47.3 Å². The monoisotopic (exact) mass is 203 g/mol. The summed E-state index contributed by atoms with van der Waals surface area (Å²) in [5.41, 5.74) is 0. The summed E-state index contributed by atoms with van der Waals surface area (Å²) in [6, 6.07) is 0. The van der Waals surface area contributed by atoms with Crippen molar-refractivity contribution in [1.29, 1.82) is 0 Å². The minimum Gasteiger partial charge on any atom is -0.497 e. The lowest BCUT2D eigenvalue weighted by molar-refractivity contribution is 0.189. The summed E-state index contributed by atoms with van der Waals surface area (Å²) in [5.74, 6) is 0. The van der Waals surface area contributed by atoms with E-state index in [4.69, 9.17) is 0 Å². The quantitative estimate of drug-likeness (QED) is 0.487. The third-order valence-electron chi connectivity index (χ3n) is 0.519. The molecule has 0 unspecified atom stereocenters. The Bertz CT molecular complexity index is 55.5. The van der Waals surface area contributed by atoms with E-state index in [-0.39, 0.29) is 0 Å². The zero-order valence-corrected chi connectivity index (χ0v) is 9.37. The van der Waals surface area contributed by atoms with Crippen molar-refractivity contribution in [2.45, 2.75) is 0 Å². The van der Waals surface area contributed by atoms with Crippen LogP contribution >= 0.6 is 0 Å². The Morgan fingerprint density at radius 1 is 1.00 bits per heavy atom. The zero-order valence-electron chi connectivity index (χ0n) is 4.21. The molecule has 0 aliphatic carbocycles. The summed E-state index contributed by atoms with van der Waals surface area (Å²) in [6.07, 6.45) is 0. The maximum Gasteiger partial charge on any atom is 0.615 e. The van der Waals surface area contributed by atoms with Gasteiger partial charge < -0.3 is 15.8 Å². The molecule has 0 aliphatic rings. The summed E-state index contributed by atoms with van der Waals surface area (Å²) in [5, 5.41) is 0. The second-order valence-electron chi connectivity index (χ2n) is 0.924. The molecule has 0 aliphatic heterocycles. The maximum atomic E-state index is 4.63. The van der Waals surface area contributed by atoms with Gasteiger partial charge >= 0.3 is 25.7 Å². The van der Waals surface area contributed by atoms with E-state index < -0.39 is 9.05 Å². The molecule has 0 heterocycles. The molecule has 0 atom stereocenters. The first kappa shape index (κ1) is 10.2. The molecule has 9 heteroatoms. The Kier molecular flexibility index (Phi) is 5.65. The molecule has 4 nitrogen and oxygen atoms in total. The molecule has 0 fully saturated rings. The van der Waals surface area contributed by atoms with Gasteiger partial charge in [0.05, 0.1) is 0 Å². The van der Waals surface area contributed by atoms with Crippen LogP contribution in [0.3, 0.4) is 0 Å². The summed E-state index contributed by atoms with van der Waals surface area (Å²) in [7, 11) is 5.15. The fourth-order valence-electron chi connectivity index (χ4n) is 0.135. The lowest BCUT2D eigenvalue weighted by atomic mass is 15.6. The van der Waals surface area contributed by atoms with Crippen molar-refractivity contribution in [3.63, 3.8) is 0 Å². The first-order valence-electron chi connectivity index (χ1n) is 1.66. The summed E-state index contributed by atoms with van der Waals surface area (Å²) in [4.78, 5) is 0. The minimum atomic E-state index is -2.99. The topological polar surface area (TPSA) is 36.9 Å². The van der Waals surface area contributed by atoms with Gasteiger partial charge in [0.25, 0.3) is 0 Å². The molecule has 9 heavy (non-hydrogen) atoms. The molecular formula is AlO4Si4. The maximum absolute atomic E-state index is 4.63. The van der Waals surface area contributed by atoms with Crippen LogP contribution in [0.4, 0.5) is 0 Å². The van der Waals surface area contributed by atoms with Crippen LogP contribution in [0.2, 0.25) is 0 Å². The van der Waals surface area contributed by atoms with Gasteiger partial charge in [0, 0.05) is 0 Å². The first-order chi connectivity index (χ1) is 4.24. The van der Waals surface area contributed by atoms with E-state index in [9.17, 15) is 0 Å². The number of hydrogen-bond donors (Lipinski definition) is 0. The predicted molar refractivity (Wildman–Crippen MR) is 33.1 cm³/mol. The highest BCUT2D eigenvalue weighted by atomic mass is 28.5. The van der Waals surface area contributed by atoms with Crippen LogP contribution in [0.15, 0.2) is 0 Å². The molecule has 0 saturated heterocycles. The third-order valence-corrected chi connectivity index (χ3v) is 4.67. The van der Waals surface area contributed by atoms with Crippen molar-refractivity contribution in [2.24, 2.45) is 0 Å². The summed E-state index contributed by atoms with van der Waals surface area (Å²) in [6.45, 7) is 0. The Balaban J connectivity index is 3.82. The highest BCUT2D eigenvalue weighted by Gasteiger charge is 2.36. The number of rotatable bonds is 4. The second-order valence-corrected chi connectivity index (χ2v) is 5.32. The minimum absolute atomic E-state index is 1.95. The van der Waals surface area contributed by atoms with E-state index in [1.54, 1.807) is 0 Å². The zero-order chi connectivity index (χ0) is 7.33. The van der Waals surface area contributed by atoms with E-state index in [1.807, 2.05) is 16.6 Å². The van der Waals surface area contributed by atoms with Gasteiger partial charge in [0.15, 0.2) is 0 Å². The Morgan fingerprint density at radius 3 is 1.33 bits per heavy atom. The van der Waals surface area contributed by atoms with Crippen LogP contribution in [-0.2, 0) is 15.8 Å². The first-order valence-corrected chi connectivity index (χ1v) is 4.99. The third kappa shape index (κ3) is 2.76. The molecule has 0 saturated carbocycles. The summed E-state index contributed by atoms with van der Waals surface area (Å²) >= 11 is 1.95. The van der Waals surface area contributed by atoms with Gasteiger partial charge in [-0.3, -0.25) is 0 Å². The Labute approximate surface area is 73.1 Å². The molecule has 0 aromatic heterocycles. The highest BCUT2D eigenvalue weighted by Crippen LogP contribution is 2.02. The average molecular weight is 203 g/mol. The molecule has 0 amide bonds. The molecule has 0 bridgehead atoms. The SMILES string of the molecule is [Al][O][Si](O[Si])(O[Si])O[Si]. The van der Waals surface area contributed by atoms with Crippen LogP contribution in [0.25, 0.3) is 0 Å². The van der Waals surface area contributed by atoms with Crippen molar-refractivity contribution in [3.05, 3.63) is 0 Å². The summed E-state index contributed by atoms with van der Waals surface area (Å²) < 4.78 is 18.3. The standard InChI is InChI=1S/Al.O4Si4/c;1-8(2-5,3-6)4-7/q+1;-1. The molecule has 0 aromatic carbocycles. The van der Waals surface area contributed by atoms with Crippen LogP contribution in [0.1, 0.15) is 0 Å². The van der Waals surface area contributed by atoms with Crippen LogP contribution in [-0.4, -0.2) is 57.1 Å². The van der Waals surface area contributed by atoms with E-state index >= 15 is 0 Å². The largest absolute Gasteiger partial charge is 0.615 e. The van der Waals surface area contributed by atoms with Gasteiger partial charge in [-0.05, 0) is 0 Å². The van der Waals surface area contributed by atoms with Gasteiger partial charge in [-0.1, -0.05) is 0 Å². The van der Waals surface area contributed by atoms with Crippen LogP contribution in [0, 0.1) is 0 Å². The van der Waals surface area contributed by atoms with Crippen LogP contribution in [0.5, 0.6) is 0 Å². The van der Waals surface area contributed by atoms with Crippen molar-refractivity contribution in [3.8, 4) is 0 Å². The van der Waals surface area contributed by atoms with Crippen molar-refractivity contribution < 1.29 is 15.8 Å². The lowest BCUT2D eigenvalue weighted by Crippen LogP contribution is -2.46. The van der Waals surface area contributed by atoms with Gasteiger partial charge in [0.1, 0.15) is 0 Å². The lowest BCUT2D eigenvalue weighted by Gasteiger charge is -2.23. The van der Waals surface area contributed by atoms with E-state index in [0.29, 0.717) is 0 Å². The Morgan fingerprint density at radius 2 is 1.33 bits per heavy atom. The Hall–Kier alpha value is 1.24. The molecule has 0 rings (SSSR count). The van der Waals surface area contributed by atoms with Gasteiger partial charge in [-0.15, -0.1) is 0 Å². The number of hydrogen-bond acceptors (Lipinski definition) is 4. The molecule has 43 valence electrons. The van der Waals surface area contributed by atoms with Crippen molar-refractivity contribution in [2.75, 3.05) is 0 Å². The van der Waals surface area contributed by atoms with E-state index in [1.165, 1.54) is 0 Å². The van der Waals surface area contributed by atoms with Crippen molar-refractivity contribution >= 4 is 57.1 Å². The van der Waals surface area contributed by atoms with E-state index in [0.717, 1.165) is 0 Å². The van der Waals surface area contributed by atoms with Crippen LogP contribution < -0.4 is 0 Å². The fraction of sp³-hybridized carbons (Fsp3) is 0. The fourth-order valence-corrected chi connectivity index (χ4v) is 3.64. The predicted octanol–water partition coefficient (Wildman–Crippen LogP) is -2.18. The molecule has 0 aromatic rings. The average Bonchev–Trinajstić information content (AvgIpc) is 1.95. The highest BCUT2D eigenvalue weighted by molar-refractivity contribution is 6.66. The van der Waals surface area contributed by atoms with Gasteiger partial charge in [-0.2, -0.15) is 0 Å². The molecule has 0 spiro atoms. The molecular weight excluding hydrogens is 203 g/mol. The van der Waals surface area contributed by atoms with Gasteiger partial charge in [0.2, 0.25) is 31.5 Å². The van der Waals surface area contributed by atoms with Crippen molar-refractivity contribution in [1.82, 2.24) is 0 Å².